The highest BCUT2D eigenvalue weighted by molar-refractivity contribution is 9.10. The standard InChI is InChI=1S/C13H11BrFN5OS/c1-16-13-18-6(5-22-13)4-17-12(21)11-19-9-2-7(14)8(15)3-10(9)20-11/h2-3,5H,4H2,1H3,(H,16,18)(H,17,21)(H,19,20). The number of nitrogens with zero attached hydrogens (tertiary/aromatic N) is 2. The molecule has 114 valence electrons. The molecule has 0 aliphatic heterocycles. The molecule has 22 heavy (non-hydrogen) atoms. The van der Waals surface area contributed by atoms with Crippen molar-refractivity contribution in [2.45, 2.75) is 6.54 Å². The first-order valence-corrected chi connectivity index (χ1v) is 7.99. The third-order valence-electron chi connectivity index (χ3n) is 2.93. The lowest BCUT2D eigenvalue weighted by Crippen LogP contribution is -2.24. The summed E-state index contributed by atoms with van der Waals surface area (Å²) in [5.41, 5.74) is 1.74. The Morgan fingerprint density at radius 1 is 1.45 bits per heavy atom. The van der Waals surface area contributed by atoms with E-state index in [1.165, 1.54) is 23.5 Å². The fraction of sp³-hybridized carbons (Fsp3) is 0.154. The van der Waals surface area contributed by atoms with Gasteiger partial charge in [-0.1, -0.05) is 0 Å². The smallest absolute Gasteiger partial charge is 0.287 e. The van der Waals surface area contributed by atoms with Crippen molar-refractivity contribution in [3.63, 3.8) is 0 Å². The van der Waals surface area contributed by atoms with Crippen LogP contribution in [0.1, 0.15) is 16.3 Å². The number of H-pyrrole nitrogens is 1. The summed E-state index contributed by atoms with van der Waals surface area (Å²) in [6, 6.07) is 2.82. The summed E-state index contributed by atoms with van der Waals surface area (Å²) in [6.07, 6.45) is 0. The van der Waals surface area contributed by atoms with Gasteiger partial charge in [-0.2, -0.15) is 0 Å². The summed E-state index contributed by atoms with van der Waals surface area (Å²) in [4.78, 5) is 23.3. The van der Waals surface area contributed by atoms with Crippen LogP contribution in [-0.2, 0) is 6.54 Å². The van der Waals surface area contributed by atoms with Gasteiger partial charge in [-0.3, -0.25) is 4.79 Å². The van der Waals surface area contributed by atoms with Crippen molar-refractivity contribution in [1.29, 1.82) is 0 Å². The molecule has 3 aromatic rings. The monoisotopic (exact) mass is 383 g/mol. The highest BCUT2D eigenvalue weighted by Gasteiger charge is 2.13. The summed E-state index contributed by atoms with van der Waals surface area (Å²) < 4.78 is 13.8. The number of halogens is 2. The van der Waals surface area contributed by atoms with E-state index in [1.807, 2.05) is 5.38 Å². The van der Waals surface area contributed by atoms with Gasteiger partial charge in [0.15, 0.2) is 11.0 Å². The number of thiazole rings is 1. The molecule has 3 rings (SSSR count). The van der Waals surface area contributed by atoms with Crippen LogP contribution in [0.25, 0.3) is 11.0 Å². The van der Waals surface area contributed by atoms with Gasteiger partial charge in [-0.25, -0.2) is 14.4 Å². The zero-order chi connectivity index (χ0) is 15.7. The number of benzene rings is 1. The van der Waals surface area contributed by atoms with E-state index in [4.69, 9.17) is 0 Å². The van der Waals surface area contributed by atoms with E-state index in [0.717, 1.165) is 10.8 Å². The van der Waals surface area contributed by atoms with Gasteiger partial charge in [-0.15, -0.1) is 11.3 Å². The van der Waals surface area contributed by atoms with Gasteiger partial charge >= 0.3 is 0 Å². The molecule has 9 heteroatoms. The molecule has 0 atom stereocenters. The molecule has 0 bridgehead atoms. The molecule has 0 fully saturated rings. The van der Waals surface area contributed by atoms with Crippen molar-refractivity contribution in [3.8, 4) is 0 Å². The van der Waals surface area contributed by atoms with Gasteiger partial charge in [0, 0.05) is 18.5 Å². The van der Waals surface area contributed by atoms with Crippen LogP contribution in [-0.4, -0.2) is 27.9 Å². The molecule has 2 heterocycles. The summed E-state index contributed by atoms with van der Waals surface area (Å²) in [5, 5.41) is 8.30. The molecule has 0 unspecified atom stereocenters. The number of carbonyl (C=O) groups excluding carboxylic acids is 1. The largest absolute Gasteiger partial charge is 0.365 e. The number of nitrogens with one attached hydrogen (secondary N) is 3. The molecule has 0 saturated heterocycles. The van der Waals surface area contributed by atoms with Crippen molar-refractivity contribution < 1.29 is 9.18 Å². The highest BCUT2D eigenvalue weighted by Crippen LogP contribution is 2.21. The third-order valence-corrected chi connectivity index (χ3v) is 4.45. The first kappa shape index (κ1) is 14.9. The Bertz CT molecular complexity index is 807. The summed E-state index contributed by atoms with van der Waals surface area (Å²) in [5.74, 6) is -0.645. The molecule has 2 aromatic heterocycles. The van der Waals surface area contributed by atoms with E-state index in [0.29, 0.717) is 22.1 Å². The van der Waals surface area contributed by atoms with Gasteiger partial charge in [0.25, 0.3) is 5.91 Å². The van der Waals surface area contributed by atoms with E-state index in [1.54, 1.807) is 7.05 Å². The lowest BCUT2D eigenvalue weighted by atomic mass is 10.3. The molecule has 0 saturated carbocycles. The van der Waals surface area contributed by atoms with Gasteiger partial charge in [-0.05, 0) is 22.0 Å². The topological polar surface area (TPSA) is 82.7 Å². The average molecular weight is 384 g/mol. The molecular weight excluding hydrogens is 373 g/mol. The zero-order valence-corrected chi connectivity index (χ0v) is 13.8. The predicted molar refractivity (Wildman–Crippen MR) is 86.6 cm³/mol. The summed E-state index contributed by atoms with van der Waals surface area (Å²) >= 11 is 4.55. The quantitative estimate of drug-likeness (QED) is 0.646. The van der Waals surface area contributed by atoms with E-state index >= 15 is 0 Å². The first-order valence-electron chi connectivity index (χ1n) is 6.32. The van der Waals surface area contributed by atoms with Crippen molar-refractivity contribution in [1.82, 2.24) is 20.3 Å². The number of rotatable bonds is 4. The maximum absolute atomic E-state index is 13.5. The van der Waals surface area contributed by atoms with Crippen LogP contribution < -0.4 is 10.6 Å². The molecule has 0 aliphatic rings. The molecule has 3 N–H and O–H groups in total. The molecule has 0 spiro atoms. The minimum Gasteiger partial charge on any atom is -0.365 e. The van der Waals surface area contributed by atoms with E-state index in [9.17, 15) is 9.18 Å². The predicted octanol–water partition coefficient (Wildman–Crippen LogP) is 2.89. The van der Waals surface area contributed by atoms with Crippen LogP contribution in [0.2, 0.25) is 0 Å². The Morgan fingerprint density at radius 3 is 3.00 bits per heavy atom. The van der Waals surface area contributed by atoms with Crippen molar-refractivity contribution >= 4 is 49.3 Å². The van der Waals surface area contributed by atoms with Gasteiger partial charge in [0.05, 0.1) is 27.7 Å². The lowest BCUT2D eigenvalue weighted by molar-refractivity contribution is 0.0941. The molecule has 0 aliphatic carbocycles. The first-order chi connectivity index (χ1) is 10.6. The Labute approximate surface area is 137 Å². The van der Waals surface area contributed by atoms with Gasteiger partial charge < -0.3 is 15.6 Å². The minimum absolute atomic E-state index is 0.136. The number of hydrogen-bond acceptors (Lipinski definition) is 5. The van der Waals surface area contributed by atoms with Crippen LogP contribution >= 0.6 is 27.3 Å². The minimum atomic E-state index is -0.412. The number of anilines is 1. The van der Waals surface area contributed by atoms with Crippen LogP contribution in [0.3, 0.4) is 0 Å². The molecule has 1 amide bonds. The SMILES string of the molecule is CNc1nc(CNC(=O)c2nc3cc(Br)c(F)cc3[nH]2)cs1. The maximum Gasteiger partial charge on any atom is 0.287 e. The number of hydrogen-bond donors (Lipinski definition) is 3. The Hall–Kier alpha value is -2.00. The lowest BCUT2D eigenvalue weighted by Gasteiger charge is -1.99. The summed E-state index contributed by atoms with van der Waals surface area (Å²) in [7, 11) is 1.78. The van der Waals surface area contributed by atoms with E-state index in [-0.39, 0.29) is 11.7 Å². The second-order valence-corrected chi connectivity index (χ2v) is 6.16. The molecule has 6 nitrogen and oxygen atoms in total. The number of amides is 1. The van der Waals surface area contributed by atoms with Crippen molar-refractivity contribution in [3.05, 3.63) is 39.3 Å². The number of aromatic nitrogens is 3. The van der Waals surface area contributed by atoms with Gasteiger partial charge in [0.1, 0.15) is 5.82 Å². The van der Waals surface area contributed by atoms with E-state index < -0.39 is 5.82 Å². The Balaban J connectivity index is 1.74. The molecule has 0 radical (unpaired) electrons. The zero-order valence-electron chi connectivity index (χ0n) is 11.4. The average Bonchev–Trinajstić information content (AvgIpc) is 3.11. The number of fused-ring (bicyclic) bond motifs is 1. The molecule has 1 aromatic carbocycles. The van der Waals surface area contributed by atoms with Crippen LogP contribution in [0.15, 0.2) is 22.0 Å². The van der Waals surface area contributed by atoms with Crippen molar-refractivity contribution in [2.24, 2.45) is 0 Å². The van der Waals surface area contributed by atoms with Gasteiger partial charge in [0.2, 0.25) is 0 Å². The van der Waals surface area contributed by atoms with Crippen LogP contribution in [0.5, 0.6) is 0 Å². The number of carbonyl (C=O) groups is 1. The molecular formula is C13H11BrFN5OS. The second kappa shape index (κ2) is 6.01. The third kappa shape index (κ3) is 2.95. The normalized spacial score (nSPS) is 10.9. The van der Waals surface area contributed by atoms with Crippen molar-refractivity contribution in [2.75, 3.05) is 12.4 Å². The fourth-order valence-corrected chi connectivity index (χ4v) is 2.87. The van der Waals surface area contributed by atoms with E-state index in [2.05, 4.69) is 41.5 Å². The fourth-order valence-electron chi connectivity index (χ4n) is 1.87. The number of imidazole rings is 1. The second-order valence-electron chi connectivity index (χ2n) is 4.45. The Morgan fingerprint density at radius 2 is 2.27 bits per heavy atom. The van der Waals surface area contributed by atoms with Crippen LogP contribution in [0, 0.1) is 5.82 Å². The number of aromatic amines is 1. The maximum atomic E-state index is 13.5. The van der Waals surface area contributed by atoms with Crippen LogP contribution in [0.4, 0.5) is 9.52 Å². The summed E-state index contributed by atoms with van der Waals surface area (Å²) in [6.45, 7) is 0.298. The highest BCUT2D eigenvalue weighted by atomic mass is 79.9. The Kier molecular flexibility index (Phi) is 4.08.